The van der Waals surface area contributed by atoms with Gasteiger partial charge in [-0.05, 0) is 42.8 Å². The predicted molar refractivity (Wildman–Crippen MR) is 84.7 cm³/mol. The molecule has 100 valence electrons. The molecule has 0 bridgehead atoms. The summed E-state index contributed by atoms with van der Waals surface area (Å²) in [6.45, 7) is 1.95. The summed E-state index contributed by atoms with van der Waals surface area (Å²) in [5, 5.41) is 10.4. The van der Waals surface area contributed by atoms with Gasteiger partial charge in [-0.15, -0.1) is 0 Å². The lowest BCUT2D eigenvalue weighted by molar-refractivity contribution is 0.214. The normalized spacial score (nSPS) is 12.5. The maximum absolute atomic E-state index is 13.8. The zero-order chi connectivity index (χ0) is 14.2. The molecule has 0 amide bonds. The molecule has 0 aliphatic rings. The first-order valence-electron chi connectivity index (χ1n) is 5.48. The number of hydrogen-bond donors (Lipinski definition) is 1. The van der Waals surface area contributed by atoms with E-state index < -0.39 is 11.9 Å². The minimum absolute atomic E-state index is 0.242. The van der Waals surface area contributed by atoms with Crippen LogP contribution in [0.25, 0.3) is 0 Å². The quantitative estimate of drug-likeness (QED) is 0.637. The van der Waals surface area contributed by atoms with Gasteiger partial charge in [-0.25, -0.2) is 4.39 Å². The molecule has 0 fully saturated rings. The molecule has 0 radical (unpaired) electrons. The Kier molecular flexibility index (Phi) is 4.82. The molecule has 0 spiro atoms. The van der Waals surface area contributed by atoms with E-state index in [1.54, 1.807) is 18.2 Å². The van der Waals surface area contributed by atoms with Crippen molar-refractivity contribution in [3.8, 4) is 0 Å². The van der Waals surface area contributed by atoms with Crippen LogP contribution in [0.1, 0.15) is 22.8 Å². The Morgan fingerprint density at radius 3 is 2.37 bits per heavy atom. The molecule has 0 aliphatic heterocycles. The lowest BCUT2D eigenvalue weighted by Gasteiger charge is -2.16. The number of aliphatic hydroxyl groups excluding tert-OH is 1. The molecule has 2 rings (SSSR count). The van der Waals surface area contributed by atoms with Gasteiger partial charge < -0.3 is 5.11 Å². The van der Waals surface area contributed by atoms with E-state index >= 15 is 0 Å². The number of hydrogen-bond acceptors (Lipinski definition) is 1. The Bertz CT molecular complexity index is 628. The molecule has 1 unspecified atom stereocenters. The zero-order valence-corrected chi connectivity index (χ0v) is 14.7. The summed E-state index contributed by atoms with van der Waals surface area (Å²) in [5.74, 6) is -0.431. The molecular formula is C14H10Br3FO. The molecule has 1 N–H and O–H groups in total. The second-order valence-corrected chi connectivity index (χ2v) is 6.82. The Balaban J connectivity index is 2.52. The highest BCUT2D eigenvalue weighted by Crippen LogP contribution is 2.34. The molecule has 19 heavy (non-hydrogen) atoms. The van der Waals surface area contributed by atoms with Crippen molar-refractivity contribution in [2.75, 3.05) is 0 Å². The number of aliphatic hydroxyl groups is 1. The minimum Gasteiger partial charge on any atom is -0.384 e. The Morgan fingerprint density at radius 2 is 1.68 bits per heavy atom. The van der Waals surface area contributed by atoms with E-state index in [1.165, 1.54) is 6.07 Å². The highest BCUT2D eigenvalue weighted by Gasteiger charge is 2.19. The fourth-order valence-electron chi connectivity index (χ4n) is 1.76. The van der Waals surface area contributed by atoms with E-state index in [9.17, 15) is 9.50 Å². The SMILES string of the molecule is Cc1cc(Br)c(C(O)c2cc(Br)ccc2F)cc1Br. The molecule has 2 aromatic carbocycles. The maximum Gasteiger partial charge on any atom is 0.129 e. The summed E-state index contributed by atoms with van der Waals surface area (Å²) in [6.07, 6.45) is -1.02. The van der Waals surface area contributed by atoms with Crippen molar-refractivity contribution in [1.82, 2.24) is 0 Å². The van der Waals surface area contributed by atoms with Crippen LogP contribution in [-0.2, 0) is 0 Å². The number of aryl methyl sites for hydroxylation is 1. The lowest BCUT2D eigenvalue weighted by atomic mass is 10.00. The highest BCUT2D eigenvalue weighted by atomic mass is 79.9. The van der Waals surface area contributed by atoms with Crippen molar-refractivity contribution in [2.24, 2.45) is 0 Å². The molecule has 2 aromatic rings. The van der Waals surface area contributed by atoms with Crippen LogP contribution in [0.2, 0.25) is 0 Å². The van der Waals surface area contributed by atoms with Gasteiger partial charge in [0.25, 0.3) is 0 Å². The summed E-state index contributed by atoms with van der Waals surface area (Å²) < 4.78 is 16.2. The van der Waals surface area contributed by atoms with E-state index in [-0.39, 0.29) is 5.56 Å². The van der Waals surface area contributed by atoms with Gasteiger partial charge >= 0.3 is 0 Å². The van der Waals surface area contributed by atoms with Crippen molar-refractivity contribution in [1.29, 1.82) is 0 Å². The van der Waals surface area contributed by atoms with Gasteiger partial charge in [-0.3, -0.25) is 0 Å². The number of halogens is 4. The first-order chi connectivity index (χ1) is 8.90. The van der Waals surface area contributed by atoms with Crippen LogP contribution in [-0.4, -0.2) is 5.11 Å². The smallest absolute Gasteiger partial charge is 0.129 e. The Hall–Kier alpha value is -0.230. The van der Waals surface area contributed by atoms with Gasteiger partial charge in [-0.2, -0.15) is 0 Å². The monoisotopic (exact) mass is 450 g/mol. The first-order valence-corrected chi connectivity index (χ1v) is 7.86. The topological polar surface area (TPSA) is 20.2 Å². The van der Waals surface area contributed by atoms with Gasteiger partial charge in [0.05, 0.1) is 0 Å². The van der Waals surface area contributed by atoms with Crippen LogP contribution in [0.5, 0.6) is 0 Å². The van der Waals surface area contributed by atoms with Gasteiger partial charge in [-0.1, -0.05) is 47.8 Å². The van der Waals surface area contributed by atoms with Crippen LogP contribution in [0.15, 0.2) is 43.7 Å². The van der Waals surface area contributed by atoms with Gasteiger partial charge in [0.15, 0.2) is 0 Å². The van der Waals surface area contributed by atoms with Crippen LogP contribution in [0.3, 0.4) is 0 Å². The predicted octanol–water partition coefficient (Wildman–Crippen LogP) is 5.50. The van der Waals surface area contributed by atoms with E-state index in [4.69, 9.17) is 0 Å². The third-order valence-corrected chi connectivity index (χ3v) is 4.86. The molecule has 5 heteroatoms. The van der Waals surface area contributed by atoms with Gasteiger partial charge in [0, 0.05) is 24.5 Å². The molecular weight excluding hydrogens is 443 g/mol. The summed E-state index contributed by atoms with van der Waals surface area (Å²) in [7, 11) is 0. The minimum atomic E-state index is -1.02. The van der Waals surface area contributed by atoms with Crippen molar-refractivity contribution in [2.45, 2.75) is 13.0 Å². The van der Waals surface area contributed by atoms with Crippen molar-refractivity contribution < 1.29 is 9.50 Å². The zero-order valence-electron chi connectivity index (χ0n) is 9.92. The molecule has 1 nitrogen and oxygen atoms in total. The van der Waals surface area contributed by atoms with Crippen LogP contribution < -0.4 is 0 Å². The van der Waals surface area contributed by atoms with Gasteiger partial charge in [0.2, 0.25) is 0 Å². The van der Waals surface area contributed by atoms with Crippen molar-refractivity contribution in [3.05, 3.63) is 66.3 Å². The van der Waals surface area contributed by atoms with E-state index in [1.807, 2.05) is 13.0 Å². The fourth-order valence-corrected chi connectivity index (χ4v) is 3.18. The maximum atomic E-state index is 13.8. The third kappa shape index (κ3) is 3.27. The summed E-state index contributed by atoms with van der Waals surface area (Å²) >= 11 is 10.1. The van der Waals surface area contributed by atoms with Crippen LogP contribution >= 0.6 is 47.8 Å². The number of rotatable bonds is 2. The van der Waals surface area contributed by atoms with Gasteiger partial charge in [0.1, 0.15) is 11.9 Å². The number of benzene rings is 2. The Labute approximate surface area is 136 Å². The lowest BCUT2D eigenvalue weighted by Crippen LogP contribution is -2.04. The standard InChI is InChI=1S/C14H10Br3FO/c1-7-4-12(17)9(6-11(7)16)14(19)10-5-8(15)2-3-13(10)18/h2-6,14,19H,1H3. The van der Waals surface area contributed by atoms with E-state index in [2.05, 4.69) is 47.8 Å². The fraction of sp³-hybridized carbons (Fsp3) is 0.143. The van der Waals surface area contributed by atoms with E-state index in [0.717, 1.165) is 19.0 Å². The van der Waals surface area contributed by atoms with Crippen molar-refractivity contribution >= 4 is 47.8 Å². The largest absolute Gasteiger partial charge is 0.384 e. The van der Waals surface area contributed by atoms with Crippen molar-refractivity contribution in [3.63, 3.8) is 0 Å². The molecule has 1 atom stereocenters. The van der Waals surface area contributed by atoms with Crippen LogP contribution in [0, 0.1) is 12.7 Å². The second-order valence-electron chi connectivity index (χ2n) is 4.19. The van der Waals surface area contributed by atoms with Crippen LogP contribution in [0.4, 0.5) is 4.39 Å². The molecule has 0 aromatic heterocycles. The average Bonchev–Trinajstić information content (AvgIpc) is 2.36. The molecule has 0 heterocycles. The summed E-state index contributed by atoms with van der Waals surface area (Å²) in [5.41, 5.74) is 1.90. The third-order valence-electron chi connectivity index (χ3n) is 2.83. The Morgan fingerprint density at radius 1 is 1.00 bits per heavy atom. The average molecular weight is 453 g/mol. The molecule has 0 aliphatic carbocycles. The summed E-state index contributed by atoms with van der Waals surface area (Å²) in [6, 6.07) is 8.20. The first kappa shape index (κ1) is 15.2. The molecule has 0 saturated heterocycles. The van der Waals surface area contributed by atoms with E-state index in [0.29, 0.717) is 5.56 Å². The molecule has 0 saturated carbocycles. The highest BCUT2D eigenvalue weighted by molar-refractivity contribution is 9.11. The second kappa shape index (κ2) is 6.04. The summed E-state index contributed by atoms with van der Waals surface area (Å²) in [4.78, 5) is 0.